The molecule has 0 bridgehead atoms. The number of anilines is 2. The van der Waals surface area contributed by atoms with Gasteiger partial charge in [0.1, 0.15) is 0 Å². The van der Waals surface area contributed by atoms with Gasteiger partial charge < -0.3 is 5.32 Å². The Bertz CT molecular complexity index is 1590. The van der Waals surface area contributed by atoms with Gasteiger partial charge in [-0.3, -0.25) is 0 Å². The van der Waals surface area contributed by atoms with Gasteiger partial charge in [-0.15, -0.1) is 0 Å². The Balaban J connectivity index is 1.41. The number of rotatable bonds is 12. The van der Waals surface area contributed by atoms with Crippen LogP contribution >= 0.6 is 0 Å². The predicted molar refractivity (Wildman–Crippen MR) is 182 cm³/mol. The topological polar surface area (TPSA) is 12.0 Å². The number of benzene rings is 5. The number of fused-ring (bicyclic) bond motifs is 3. The summed E-state index contributed by atoms with van der Waals surface area (Å²) in [6, 6.07) is 44.8. The summed E-state index contributed by atoms with van der Waals surface area (Å²) in [5.41, 5.74) is 13.5. The van der Waals surface area contributed by atoms with Crippen LogP contribution < -0.4 is 5.32 Å². The van der Waals surface area contributed by atoms with Gasteiger partial charge in [0.05, 0.1) is 0 Å². The molecule has 0 spiro atoms. The maximum absolute atomic E-state index is 3.53. The fourth-order valence-corrected chi connectivity index (χ4v) is 6.94. The highest BCUT2D eigenvalue weighted by atomic mass is 14.9. The second kappa shape index (κ2) is 12.8. The summed E-state index contributed by atoms with van der Waals surface area (Å²) in [6.45, 7) is 4.64. The van der Waals surface area contributed by atoms with Gasteiger partial charge in [0.15, 0.2) is 0 Å². The lowest BCUT2D eigenvalue weighted by Crippen LogP contribution is -2.25. The molecule has 6 rings (SSSR count). The fourth-order valence-electron chi connectivity index (χ4n) is 6.94. The largest absolute Gasteiger partial charge is 0.356 e. The van der Waals surface area contributed by atoms with Crippen molar-refractivity contribution in [2.45, 2.75) is 70.6 Å². The Hall–Kier alpha value is -4.10. The molecule has 0 heterocycles. The van der Waals surface area contributed by atoms with E-state index in [4.69, 9.17) is 0 Å². The summed E-state index contributed by atoms with van der Waals surface area (Å²) >= 11 is 0. The molecular weight excluding hydrogens is 506 g/mol. The van der Waals surface area contributed by atoms with Crippen LogP contribution in [0.4, 0.5) is 11.4 Å². The van der Waals surface area contributed by atoms with Gasteiger partial charge in [-0.25, -0.2) is 0 Å². The molecule has 0 saturated heterocycles. The number of hydrogen-bond acceptors (Lipinski definition) is 1. The van der Waals surface area contributed by atoms with E-state index >= 15 is 0 Å². The lowest BCUT2D eigenvalue weighted by Gasteiger charge is -2.33. The van der Waals surface area contributed by atoms with Gasteiger partial charge in [0.2, 0.25) is 0 Å². The van der Waals surface area contributed by atoms with Gasteiger partial charge in [-0.2, -0.15) is 0 Å². The second-order valence-corrected chi connectivity index (χ2v) is 12.0. The maximum atomic E-state index is 3.53. The lowest BCUT2D eigenvalue weighted by atomic mass is 9.70. The van der Waals surface area contributed by atoms with Crippen molar-refractivity contribution in [2.24, 2.45) is 0 Å². The zero-order valence-electron chi connectivity index (χ0n) is 25.2. The molecule has 1 heteroatoms. The summed E-state index contributed by atoms with van der Waals surface area (Å²) in [5, 5.41) is 3.53. The van der Waals surface area contributed by atoms with Gasteiger partial charge in [0, 0.05) is 16.8 Å². The van der Waals surface area contributed by atoms with Crippen molar-refractivity contribution in [1.29, 1.82) is 0 Å². The summed E-state index contributed by atoms with van der Waals surface area (Å²) in [7, 11) is 0. The SMILES string of the molecule is CCCCCC1(CCCCC)c2cc(-c3ccccc3)ccc2-c2ccc(-c3ccc(Nc4ccccc4)cc3)cc21. The molecule has 1 aliphatic carbocycles. The Labute approximate surface area is 252 Å². The Kier molecular flexibility index (Phi) is 8.56. The molecule has 5 aromatic carbocycles. The molecule has 1 N–H and O–H groups in total. The molecule has 1 aliphatic rings. The molecule has 0 atom stereocenters. The maximum Gasteiger partial charge on any atom is 0.0384 e. The third-order valence-corrected chi connectivity index (χ3v) is 9.16. The minimum atomic E-state index is 0.0601. The van der Waals surface area contributed by atoms with Crippen molar-refractivity contribution in [3.05, 3.63) is 132 Å². The van der Waals surface area contributed by atoms with Gasteiger partial charge in [-0.05, 0) is 93.7 Å². The molecule has 0 aromatic heterocycles. The smallest absolute Gasteiger partial charge is 0.0384 e. The molecule has 1 nitrogen and oxygen atoms in total. The lowest BCUT2D eigenvalue weighted by molar-refractivity contribution is 0.405. The number of nitrogens with one attached hydrogen (secondary N) is 1. The van der Waals surface area contributed by atoms with Crippen LogP contribution in [-0.4, -0.2) is 0 Å². The van der Waals surface area contributed by atoms with Crippen LogP contribution in [0.15, 0.2) is 121 Å². The zero-order valence-corrected chi connectivity index (χ0v) is 25.2. The monoisotopic (exact) mass is 549 g/mol. The number of unbranched alkanes of at least 4 members (excludes halogenated alkanes) is 4. The highest BCUT2D eigenvalue weighted by Gasteiger charge is 2.42. The van der Waals surface area contributed by atoms with Crippen LogP contribution in [-0.2, 0) is 5.41 Å². The van der Waals surface area contributed by atoms with E-state index in [9.17, 15) is 0 Å². The molecule has 0 aliphatic heterocycles. The minimum Gasteiger partial charge on any atom is -0.356 e. The van der Waals surface area contributed by atoms with Gasteiger partial charge in [-0.1, -0.05) is 137 Å². The molecule has 42 heavy (non-hydrogen) atoms. The highest BCUT2D eigenvalue weighted by Crippen LogP contribution is 2.55. The van der Waals surface area contributed by atoms with Crippen LogP contribution in [0, 0.1) is 0 Å². The summed E-state index contributed by atoms with van der Waals surface area (Å²) in [5.74, 6) is 0. The highest BCUT2D eigenvalue weighted by molar-refractivity contribution is 5.86. The van der Waals surface area contributed by atoms with E-state index in [1.165, 1.54) is 84.7 Å². The van der Waals surface area contributed by atoms with Crippen LogP contribution in [0.1, 0.15) is 76.3 Å². The molecule has 212 valence electrons. The average Bonchev–Trinajstić information content (AvgIpc) is 3.31. The zero-order chi connectivity index (χ0) is 28.8. The standard InChI is InChI=1S/C41H43N/c1-3-5-13-27-41(28-14-6-4-2)39-29-33(31-15-9-7-10-16-31)21-25-37(39)38-26-22-34(30-40(38)41)32-19-23-36(24-20-32)42-35-17-11-8-12-18-35/h7-12,15-26,29-30,42H,3-6,13-14,27-28H2,1-2H3. The normalized spacial score (nSPS) is 13.0. The molecule has 0 fully saturated rings. The van der Waals surface area contributed by atoms with Crippen LogP contribution in [0.3, 0.4) is 0 Å². The number of para-hydroxylation sites is 1. The molecular formula is C41H43N. The molecule has 0 amide bonds. The Morgan fingerprint density at radius 3 is 1.43 bits per heavy atom. The van der Waals surface area contributed by atoms with E-state index < -0.39 is 0 Å². The number of hydrogen-bond donors (Lipinski definition) is 1. The van der Waals surface area contributed by atoms with Crippen molar-refractivity contribution in [1.82, 2.24) is 0 Å². The molecule has 5 aromatic rings. The van der Waals surface area contributed by atoms with Gasteiger partial charge in [0.25, 0.3) is 0 Å². The second-order valence-electron chi connectivity index (χ2n) is 12.0. The van der Waals surface area contributed by atoms with E-state index in [1.807, 2.05) is 6.07 Å². The first-order valence-electron chi connectivity index (χ1n) is 16.0. The van der Waals surface area contributed by atoms with Crippen molar-refractivity contribution in [3.63, 3.8) is 0 Å². The first-order valence-corrected chi connectivity index (χ1v) is 16.0. The molecule has 0 unspecified atom stereocenters. The van der Waals surface area contributed by atoms with Crippen LogP contribution in [0.5, 0.6) is 0 Å². The van der Waals surface area contributed by atoms with E-state index in [2.05, 4.69) is 134 Å². The molecule has 0 saturated carbocycles. The predicted octanol–water partition coefficient (Wildman–Crippen LogP) is 12.2. The average molecular weight is 550 g/mol. The summed E-state index contributed by atoms with van der Waals surface area (Å²) in [4.78, 5) is 0. The van der Waals surface area contributed by atoms with E-state index in [-0.39, 0.29) is 5.41 Å². The van der Waals surface area contributed by atoms with Crippen LogP contribution in [0.2, 0.25) is 0 Å². The quantitative estimate of drug-likeness (QED) is 0.153. The van der Waals surface area contributed by atoms with E-state index in [0.29, 0.717) is 0 Å². The Morgan fingerprint density at radius 1 is 0.452 bits per heavy atom. The summed E-state index contributed by atoms with van der Waals surface area (Å²) in [6.07, 6.45) is 10.0. The third-order valence-electron chi connectivity index (χ3n) is 9.16. The van der Waals surface area contributed by atoms with Crippen molar-refractivity contribution >= 4 is 11.4 Å². The first-order chi connectivity index (χ1) is 20.7. The van der Waals surface area contributed by atoms with Gasteiger partial charge >= 0.3 is 0 Å². The minimum absolute atomic E-state index is 0.0601. The van der Waals surface area contributed by atoms with Crippen LogP contribution in [0.25, 0.3) is 33.4 Å². The van der Waals surface area contributed by atoms with Crippen molar-refractivity contribution < 1.29 is 0 Å². The summed E-state index contributed by atoms with van der Waals surface area (Å²) < 4.78 is 0. The van der Waals surface area contributed by atoms with E-state index in [0.717, 1.165) is 11.4 Å². The van der Waals surface area contributed by atoms with Crippen molar-refractivity contribution in [2.75, 3.05) is 5.32 Å². The third kappa shape index (κ3) is 5.66. The fraction of sp³-hybridized carbons (Fsp3) is 0.268. The first kappa shape index (κ1) is 28.0. The van der Waals surface area contributed by atoms with Crippen molar-refractivity contribution in [3.8, 4) is 33.4 Å². The molecule has 0 radical (unpaired) electrons. The van der Waals surface area contributed by atoms with E-state index in [1.54, 1.807) is 11.1 Å². The Morgan fingerprint density at radius 2 is 0.905 bits per heavy atom.